The molecular weight excluding hydrogens is 194 g/mol. The van der Waals surface area contributed by atoms with Gasteiger partial charge in [0.05, 0.1) is 40.0 Å². The predicted molar refractivity (Wildman–Crippen MR) is 58.5 cm³/mol. The van der Waals surface area contributed by atoms with Gasteiger partial charge in [-0.05, 0) is 12.5 Å². The molecule has 0 atom stereocenters. The maximum atomic E-state index is 11.3. The van der Waals surface area contributed by atoms with E-state index >= 15 is 0 Å². The van der Waals surface area contributed by atoms with Crippen molar-refractivity contribution in [3.05, 3.63) is 12.2 Å². The lowest BCUT2D eigenvalue weighted by atomic mass is 10.1. The van der Waals surface area contributed by atoms with Crippen LogP contribution in [0.25, 0.3) is 0 Å². The first kappa shape index (κ1) is 13.8. The summed E-state index contributed by atoms with van der Waals surface area (Å²) >= 11 is 0. The number of quaternary nitrogens is 1. The summed E-state index contributed by atoms with van der Waals surface area (Å²) < 4.78 is 0.547. The van der Waals surface area contributed by atoms with Crippen LogP contribution in [-0.4, -0.2) is 48.5 Å². The minimum atomic E-state index is -0.799. The van der Waals surface area contributed by atoms with Gasteiger partial charge in [-0.2, -0.15) is 0 Å². The second-order valence-electron chi connectivity index (χ2n) is 4.48. The summed E-state index contributed by atoms with van der Waals surface area (Å²) in [6.45, 7) is 6.47. The molecule has 0 heterocycles. The third-order valence-electron chi connectivity index (χ3n) is 2.35. The van der Waals surface area contributed by atoms with Gasteiger partial charge in [0.25, 0.3) is 0 Å². The average Bonchev–Trinajstić information content (AvgIpc) is 2.11. The van der Waals surface area contributed by atoms with Crippen LogP contribution in [0.15, 0.2) is 12.2 Å². The van der Waals surface area contributed by atoms with Gasteiger partial charge < -0.3 is 9.59 Å². The molecular formula is C11H20NO3+. The molecule has 0 radical (unpaired) electrons. The molecule has 4 heteroatoms. The summed E-state index contributed by atoms with van der Waals surface area (Å²) in [6, 6.07) is 0. The van der Waals surface area contributed by atoms with E-state index in [2.05, 4.69) is 6.58 Å². The van der Waals surface area contributed by atoms with Gasteiger partial charge in [-0.25, -0.2) is 0 Å². The highest BCUT2D eigenvalue weighted by Crippen LogP contribution is 2.04. The van der Waals surface area contributed by atoms with E-state index in [0.717, 1.165) is 0 Å². The topological polar surface area (TPSA) is 54.4 Å². The molecule has 0 aliphatic heterocycles. The minimum Gasteiger partial charge on any atom is -0.481 e. The molecule has 0 saturated carbocycles. The second kappa shape index (κ2) is 5.66. The monoisotopic (exact) mass is 214 g/mol. The Morgan fingerprint density at radius 2 is 1.67 bits per heavy atom. The van der Waals surface area contributed by atoms with Crippen LogP contribution in [0.1, 0.15) is 19.8 Å². The lowest BCUT2D eigenvalue weighted by Crippen LogP contribution is -2.42. The molecule has 15 heavy (non-hydrogen) atoms. The average molecular weight is 214 g/mol. The maximum Gasteiger partial charge on any atom is 0.309 e. The molecule has 0 amide bonds. The Labute approximate surface area is 90.8 Å². The summed E-state index contributed by atoms with van der Waals surface area (Å²) in [4.78, 5) is 21.7. The Balaban J connectivity index is 3.98. The van der Waals surface area contributed by atoms with Gasteiger partial charge >= 0.3 is 5.97 Å². The highest BCUT2D eigenvalue weighted by Gasteiger charge is 2.18. The SMILES string of the molecule is C=C(C)C(=O)CC[N+](C)(C)CCC(=O)O. The molecule has 0 unspecified atom stereocenters. The standard InChI is InChI=1S/C11H19NO3/c1-9(2)10(13)5-7-12(3,4)8-6-11(14)15/h1,5-8H2,2-4H3/p+1. The highest BCUT2D eigenvalue weighted by atomic mass is 16.4. The number of nitrogens with zero attached hydrogens (tertiary/aromatic N) is 1. The number of hydrogen-bond donors (Lipinski definition) is 1. The number of rotatable bonds is 7. The number of allylic oxidation sites excluding steroid dienone is 1. The van der Waals surface area contributed by atoms with Gasteiger partial charge in [0.2, 0.25) is 0 Å². The molecule has 0 saturated heterocycles. The van der Waals surface area contributed by atoms with E-state index in [-0.39, 0.29) is 12.2 Å². The molecule has 0 aromatic rings. The summed E-state index contributed by atoms with van der Waals surface area (Å²) in [5, 5.41) is 8.55. The van der Waals surface area contributed by atoms with Crippen molar-refractivity contribution in [1.82, 2.24) is 0 Å². The van der Waals surface area contributed by atoms with E-state index in [1.54, 1.807) is 6.92 Å². The molecule has 1 N–H and O–H groups in total. The molecule has 0 aromatic heterocycles. The largest absolute Gasteiger partial charge is 0.481 e. The summed E-state index contributed by atoms with van der Waals surface area (Å²) in [5.41, 5.74) is 0.563. The van der Waals surface area contributed by atoms with Gasteiger partial charge in [0.15, 0.2) is 5.78 Å². The van der Waals surface area contributed by atoms with E-state index < -0.39 is 5.97 Å². The normalized spacial score (nSPS) is 11.1. The summed E-state index contributed by atoms with van der Waals surface area (Å²) in [5.74, 6) is -0.746. The number of carboxylic acids is 1. The number of carbonyl (C=O) groups excluding carboxylic acids is 1. The molecule has 0 bridgehead atoms. The smallest absolute Gasteiger partial charge is 0.309 e. The number of carboxylic acid groups (broad SMARTS) is 1. The van der Waals surface area contributed by atoms with Crippen LogP contribution in [0.3, 0.4) is 0 Å². The summed E-state index contributed by atoms with van der Waals surface area (Å²) in [7, 11) is 3.85. The fourth-order valence-corrected chi connectivity index (χ4v) is 1.13. The van der Waals surface area contributed by atoms with Crippen LogP contribution >= 0.6 is 0 Å². The number of carbonyl (C=O) groups is 2. The Hall–Kier alpha value is -1.16. The lowest BCUT2D eigenvalue weighted by Gasteiger charge is -2.28. The van der Waals surface area contributed by atoms with Crippen LogP contribution in [0.4, 0.5) is 0 Å². The second-order valence-corrected chi connectivity index (χ2v) is 4.48. The number of ketones is 1. The predicted octanol–water partition coefficient (Wildman–Crippen LogP) is 1.07. The summed E-state index contributed by atoms with van der Waals surface area (Å²) in [6.07, 6.45) is 0.566. The van der Waals surface area contributed by atoms with Crippen molar-refractivity contribution in [2.24, 2.45) is 0 Å². The van der Waals surface area contributed by atoms with Crippen molar-refractivity contribution < 1.29 is 19.2 Å². The number of hydrogen-bond acceptors (Lipinski definition) is 2. The fraction of sp³-hybridized carbons (Fsp3) is 0.636. The zero-order valence-electron chi connectivity index (χ0n) is 9.75. The van der Waals surface area contributed by atoms with Crippen molar-refractivity contribution in [3.8, 4) is 0 Å². The first-order valence-electron chi connectivity index (χ1n) is 4.97. The van der Waals surface area contributed by atoms with Crippen molar-refractivity contribution in [2.45, 2.75) is 19.8 Å². The van der Waals surface area contributed by atoms with E-state index in [4.69, 9.17) is 5.11 Å². The van der Waals surface area contributed by atoms with Gasteiger partial charge in [-0.15, -0.1) is 0 Å². The minimum absolute atomic E-state index is 0.0523. The highest BCUT2D eigenvalue weighted by molar-refractivity contribution is 5.94. The number of aliphatic carboxylic acids is 1. The van der Waals surface area contributed by atoms with Crippen LogP contribution in [-0.2, 0) is 9.59 Å². The zero-order chi connectivity index (χ0) is 12.1. The third-order valence-corrected chi connectivity index (χ3v) is 2.35. The first-order chi connectivity index (χ1) is 6.74. The molecule has 0 aliphatic carbocycles. The third kappa shape index (κ3) is 6.85. The van der Waals surface area contributed by atoms with Crippen molar-refractivity contribution in [1.29, 1.82) is 0 Å². The lowest BCUT2D eigenvalue weighted by molar-refractivity contribution is -0.889. The molecule has 0 fully saturated rings. The molecule has 0 aromatic carbocycles. The first-order valence-corrected chi connectivity index (χ1v) is 4.97. The van der Waals surface area contributed by atoms with E-state index in [1.165, 1.54) is 0 Å². The van der Waals surface area contributed by atoms with E-state index in [0.29, 0.717) is 29.6 Å². The van der Waals surface area contributed by atoms with Crippen LogP contribution in [0.5, 0.6) is 0 Å². The van der Waals surface area contributed by atoms with Gasteiger partial charge in [-0.1, -0.05) is 6.58 Å². The molecule has 86 valence electrons. The molecule has 0 aliphatic rings. The van der Waals surface area contributed by atoms with E-state index in [1.807, 2.05) is 14.1 Å². The number of Topliss-reactive ketones (excluding diaryl/α,β-unsaturated/α-hetero) is 1. The van der Waals surface area contributed by atoms with Gasteiger partial charge in [0.1, 0.15) is 0 Å². The van der Waals surface area contributed by atoms with Crippen molar-refractivity contribution in [3.63, 3.8) is 0 Å². The van der Waals surface area contributed by atoms with Crippen LogP contribution in [0, 0.1) is 0 Å². The Kier molecular flexibility index (Phi) is 5.22. The van der Waals surface area contributed by atoms with Gasteiger partial charge in [0, 0.05) is 0 Å². The van der Waals surface area contributed by atoms with Crippen molar-refractivity contribution >= 4 is 11.8 Å². The zero-order valence-corrected chi connectivity index (χ0v) is 9.75. The van der Waals surface area contributed by atoms with Crippen molar-refractivity contribution in [2.75, 3.05) is 27.2 Å². The maximum absolute atomic E-state index is 11.3. The fourth-order valence-electron chi connectivity index (χ4n) is 1.13. The molecule has 0 rings (SSSR count). The molecule has 4 nitrogen and oxygen atoms in total. The van der Waals surface area contributed by atoms with Crippen LogP contribution < -0.4 is 0 Å². The Morgan fingerprint density at radius 1 is 1.20 bits per heavy atom. The molecule has 0 spiro atoms. The Morgan fingerprint density at radius 3 is 2.07 bits per heavy atom. The quantitative estimate of drug-likeness (QED) is 0.509. The van der Waals surface area contributed by atoms with E-state index in [9.17, 15) is 9.59 Å². The van der Waals surface area contributed by atoms with Crippen LogP contribution in [0.2, 0.25) is 0 Å². The Bertz CT molecular complexity index is 269. The van der Waals surface area contributed by atoms with Gasteiger partial charge in [-0.3, -0.25) is 9.59 Å².